The molecule has 28 heavy (non-hydrogen) atoms. The Morgan fingerprint density at radius 3 is 2.64 bits per heavy atom. The zero-order chi connectivity index (χ0) is 19.5. The van der Waals surface area contributed by atoms with Crippen LogP contribution in [0, 0.1) is 11.3 Å². The van der Waals surface area contributed by atoms with Crippen LogP contribution in [0.3, 0.4) is 0 Å². The van der Waals surface area contributed by atoms with E-state index in [1.54, 1.807) is 12.1 Å². The number of primary amides is 1. The number of hydrogen-bond acceptors (Lipinski definition) is 6. The number of aromatic nitrogens is 2. The Hall–Kier alpha value is -3.50. The van der Waals surface area contributed by atoms with Crippen molar-refractivity contribution in [1.29, 1.82) is 5.26 Å². The number of anilines is 1. The van der Waals surface area contributed by atoms with Gasteiger partial charge in [-0.05, 0) is 49.3 Å². The highest BCUT2D eigenvalue weighted by Crippen LogP contribution is 2.27. The van der Waals surface area contributed by atoms with Gasteiger partial charge in [0.05, 0.1) is 28.8 Å². The van der Waals surface area contributed by atoms with E-state index in [9.17, 15) is 4.79 Å². The van der Waals surface area contributed by atoms with Crippen LogP contribution in [0.4, 0.5) is 5.82 Å². The molecule has 2 heterocycles. The van der Waals surface area contributed by atoms with Crippen LogP contribution in [-0.2, 0) is 0 Å². The van der Waals surface area contributed by atoms with Gasteiger partial charge in [-0.25, -0.2) is 9.97 Å². The van der Waals surface area contributed by atoms with Gasteiger partial charge in [0.2, 0.25) is 0 Å². The number of nitrogens with two attached hydrogens (primary N) is 1. The predicted molar refractivity (Wildman–Crippen MR) is 107 cm³/mol. The summed E-state index contributed by atoms with van der Waals surface area (Å²) in [5.41, 5.74) is 8.10. The van der Waals surface area contributed by atoms with Crippen LogP contribution in [0.1, 0.15) is 33.9 Å². The number of rotatable bonds is 6. The summed E-state index contributed by atoms with van der Waals surface area (Å²) in [6.45, 7) is 2.97. The van der Waals surface area contributed by atoms with Crippen LogP contribution in [0.15, 0.2) is 48.8 Å². The number of benzene rings is 2. The first-order valence-electron chi connectivity index (χ1n) is 9.18. The minimum absolute atomic E-state index is 0.0108. The van der Waals surface area contributed by atoms with Crippen molar-refractivity contribution >= 4 is 22.6 Å². The van der Waals surface area contributed by atoms with Crippen molar-refractivity contribution in [2.24, 2.45) is 5.73 Å². The third kappa shape index (κ3) is 3.50. The summed E-state index contributed by atoms with van der Waals surface area (Å²) in [5.74, 6) is 0.141. The SMILES string of the molecule is N#Cc1ccc([C@@H](CN2CCC2)Nc2ncnc3c(C(N)=O)cccc23)cc1. The van der Waals surface area contributed by atoms with Gasteiger partial charge in [-0.2, -0.15) is 5.26 Å². The lowest BCUT2D eigenvalue weighted by atomic mass is 10.0. The Morgan fingerprint density at radius 1 is 1.21 bits per heavy atom. The van der Waals surface area contributed by atoms with Gasteiger partial charge in [-0.3, -0.25) is 4.79 Å². The summed E-state index contributed by atoms with van der Waals surface area (Å²) in [6.07, 6.45) is 2.65. The van der Waals surface area contributed by atoms with Gasteiger partial charge in [0.15, 0.2) is 0 Å². The van der Waals surface area contributed by atoms with Crippen LogP contribution in [0.2, 0.25) is 0 Å². The minimum atomic E-state index is -0.514. The van der Waals surface area contributed by atoms with E-state index in [1.165, 1.54) is 12.7 Å². The maximum absolute atomic E-state index is 11.7. The van der Waals surface area contributed by atoms with Crippen LogP contribution in [-0.4, -0.2) is 40.4 Å². The summed E-state index contributed by atoms with van der Waals surface area (Å²) in [4.78, 5) is 22.8. The standard InChI is InChI=1S/C21H20N6O/c22-11-14-5-7-15(8-6-14)18(12-27-9-2-10-27)26-21-17-4-1-3-16(20(23)28)19(17)24-13-25-21/h1,3-8,13,18H,2,9-10,12H2,(H2,23,28)(H,24,25,26)/t18-/m1/s1. The number of amides is 1. The number of nitrogens with one attached hydrogen (secondary N) is 1. The van der Waals surface area contributed by atoms with Crippen LogP contribution < -0.4 is 11.1 Å². The molecule has 0 bridgehead atoms. The van der Waals surface area contributed by atoms with Crippen molar-refractivity contribution in [1.82, 2.24) is 14.9 Å². The Morgan fingerprint density at radius 2 is 2.00 bits per heavy atom. The Kier molecular flexibility index (Phi) is 4.87. The fraction of sp³-hybridized carbons (Fsp3) is 0.238. The van der Waals surface area contributed by atoms with Crippen molar-refractivity contribution in [2.75, 3.05) is 25.0 Å². The van der Waals surface area contributed by atoms with Crippen molar-refractivity contribution < 1.29 is 4.79 Å². The first kappa shape index (κ1) is 17.9. The minimum Gasteiger partial charge on any atom is -0.366 e. The van der Waals surface area contributed by atoms with E-state index in [0.29, 0.717) is 22.5 Å². The fourth-order valence-corrected chi connectivity index (χ4v) is 3.41. The van der Waals surface area contributed by atoms with Crippen LogP contribution in [0.5, 0.6) is 0 Å². The Balaban J connectivity index is 1.70. The van der Waals surface area contributed by atoms with Crippen molar-refractivity contribution in [3.05, 3.63) is 65.5 Å². The van der Waals surface area contributed by atoms with Crippen LogP contribution in [0.25, 0.3) is 10.9 Å². The van der Waals surface area contributed by atoms with E-state index in [2.05, 4.69) is 26.3 Å². The average molecular weight is 372 g/mol. The highest BCUT2D eigenvalue weighted by atomic mass is 16.1. The second kappa shape index (κ2) is 7.62. The van der Waals surface area contributed by atoms with Gasteiger partial charge in [0.25, 0.3) is 5.91 Å². The third-order valence-electron chi connectivity index (χ3n) is 5.07. The second-order valence-corrected chi connectivity index (χ2v) is 6.87. The number of likely N-dealkylation sites (tertiary alicyclic amines) is 1. The van der Waals surface area contributed by atoms with Gasteiger partial charge in [0, 0.05) is 11.9 Å². The summed E-state index contributed by atoms with van der Waals surface area (Å²) in [6, 6.07) is 15.0. The molecular weight excluding hydrogens is 352 g/mol. The fourth-order valence-electron chi connectivity index (χ4n) is 3.41. The third-order valence-corrected chi connectivity index (χ3v) is 5.07. The van der Waals surface area contributed by atoms with E-state index < -0.39 is 5.91 Å². The van der Waals surface area contributed by atoms with Crippen LogP contribution >= 0.6 is 0 Å². The van der Waals surface area contributed by atoms with Gasteiger partial charge < -0.3 is 16.0 Å². The number of carbonyl (C=O) groups is 1. The quantitative estimate of drug-likeness (QED) is 0.688. The number of hydrogen-bond donors (Lipinski definition) is 2. The number of nitriles is 1. The van der Waals surface area contributed by atoms with E-state index in [4.69, 9.17) is 11.0 Å². The topological polar surface area (TPSA) is 108 Å². The molecule has 0 spiro atoms. The van der Waals surface area contributed by atoms with E-state index in [0.717, 1.165) is 30.6 Å². The van der Waals surface area contributed by atoms with Crippen molar-refractivity contribution in [3.63, 3.8) is 0 Å². The van der Waals surface area contributed by atoms with E-state index in [1.807, 2.05) is 30.3 Å². The molecule has 0 aliphatic carbocycles. The highest BCUT2D eigenvalue weighted by molar-refractivity contribution is 6.06. The molecule has 140 valence electrons. The molecule has 0 radical (unpaired) electrons. The van der Waals surface area contributed by atoms with Crippen molar-refractivity contribution in [3.8, 4) is 6.07 Å². The lowest BCUT2D eigenvalue weighted by molar-refractivity contribution is 0.100. The second-order valence-electron chi connectivity index (χ2n) is 6.87. The van der Waals surface area contributed by atoms with Gasteiger partial charge in [0.1, 0.15) is 12.1 Å². The highest BCUT2D eigenvalue weighted by Gasteiger charge is 2.22. The lowest BCUT2D eigenvalue weighted by Crippen LogP contribution is -2.41. The smallest absolute Gasteiger partial charge is 0.250 e. The molecule has 7 nitrogen and oxygen atoms in total. The Labute approximate surface area is 162 Å². The molecule has 1 aromatic heterocycles. The monoisotopic (exact) mass is 372 g/mol. The number of para-hydroxylation sites is 1. The average Bonchev–Trinajstić information content (AvgIpc) is 2.69. The summed E-state index contributed by atoms with van der Waals surface area (Å²) < 4.78 is 0. The Bertz CT molecular complexity index is 1050. The zero-order valence-electron chi connectivity index (χ0n) is 15.3. The molecule has 0 unspecified atom stereocenters. The molecule has 1 aliphatic heterocycles. The first-order valence-corrected chi connectivity index (χ1v) is 9.18. The number of fused-ring (bicyclic) bond motifs is 1. The molecule has 1 fully saturated rings. The normalized spacial score (nSPS) is 14.8. The molecule has 1 amide bonds. The molecule has 1 aliphatic rings. The summed E-state index contributed by atoms with van der Waals surface area (Å²) in [7, 11) is 0. The van der Waals surface area contributed by atoms with Gasteiger partial charge >= 0.3 is 0 Å². The predicted octanol–water partition coefficient (Wildman–Crippen LogP) is 2.46. The maximum atomic E-state index is 11.7. The molecule has 4 rings (SSSR count). The number of carbonyl (C=O) groups excluding carboxylic acids is 1. The molecule has 1 atom stereocenters. The maximum Gasteiger partial charge on any atom is 0.250 e. The molecule has 7 heteroatoms. The number of nitrogens with zero attached hydrogens (tertiary/aromatic N) is 4. The molecule has 1 saturated heterocycles. The first-order chi connectivity index (χ1) is 13.7. The van der Waals surface area contributed by atoms with Gasteiger partial charge in [-0.15, -0.1) is 0 Å². The largest absolute Gasteiger partial charge is 0.366 e. The molecule has 2 aromatic carbocycles. The molecular formula is C21H20N6O. The van der Waals surface area contributed by atoms with Crippen molar-refractivity contribution in [2.45, 2.75) is 12.5 Å². The lowest BCUT2D eigenvalue weighted by Gasteiger charge is -2.34. The zero-order valence-corrected chi connectivity index (χ0v) is 15.3. The van der Waals surface area contributed by atoms with E-state index in [-0.39, 0.29) is 6.04 Å². The van der Waals surface area contributed by atoms with E-state index >= 15 is 0 Å². The molecule has 3 N–H and O–H groups in total. The summed E-state index contributed by atoms with van der Waals surface area (Å²) >= 11 is 0. The van der Waals surface area contributed by atoms with Gasteiger partial charge in [-0.1, -0.05) is 18.2 Å². The molecule has 0 saturated carbocycles. The molecule has 3 aromatic rings. The summed E-state index contributed by atoms with van der Waals surface area (Å²) in [5, 5.41) is 13.3.